The molecule has 1 aliphatic heterocycles. The van der Waals surface area contributed by atoms with Gasteiger partial charge in [-0.05, 0) is 43.4 Å². The molecule has 4 rings (SSSR count). The molecule has 2 N–H and O–H groups in total. The molecule has 0 bridgehead atoms. The summed E-state index contributed by atoms with van der Waals surface area (Å²) >= 11 is 0. The zero-order valence-corrected chi connectivity index (χ0v) is 17.0. The molecule has 2 fully saturated rings. The summed E-state index contributed by atoms with van der Waals surface area (Å²) in [6, 6.07) is 5.10. The number of carbonyl (C=O) groups excluding carboxylic acids is 3. The zero-order valence-electron chi connectivity index (χ0n) is 17.0. The van der Waals surface area contributed by atoms with Gasteiger partial charge in [0.1, 0.15) is 13.2 Å². The Labute approximate surface area is 175 Å². The predicted molar refractivity (Wildman–Crippen MR) is 107 cm³/mol. The van der Waals surface area contributed by atoms with Crippen molar-refractivity contribution in [2.75, 3.05) is 19.8 Å². The molecule has 30 heavy (non-hydrogen) atoms. The molecule has 2 saturated carbocycles. The minimum Gasteiger partial charge on any atom is -0.486 e. The van der Waals surface area contributed by atoms with Crippen LogP contribution in [0.15, 0.2) is 18.2 Å². The van der Waals surface area contributed by atoms with Gasteiger partial charge in [-0.3, -0.25) is 14.9 Å². The highest BCUT2D eigenvalue weighted by atomic mass is 16.6. The van der Waals surface area contributed by atoms with Gasteiger partial charge in [0, 0.05) is 6.04 Å². The Morgan fingerprint density at radius 2 is 1.70 bits per heavy atom. The van der Waals surface area contributed by atoms with Crippen molar-refractivity contribution in [3.8, 4) is 11.5 Å². The normalized spacial score (nSPS) is 19.9. The topological polar surface area (TPSA) is 103 Å². The van der Waals surface area contributed by atoms with Crippen LogP contribution in [-0.2, 0) is 19.7 Å². The number of nitrogens with one attached hydrogen (secondary N) is 2. The largest absolute Gasteiger partial charge is 0.486 e. The van der Waals surface area contributed by atoms with Gasteiger partial charge in [0.05, 0.1) is 5.41 Å². The lowest BCUT2D eigenvalue weighted by Gasteiger charge is -2.28. The van der Waals surface area contributed by atoms with Crippen LogP contribution in [0, 0.1) is 0 Å². The Morgan fingerprint density at radius 1 is 1.00 bits per heavy atom. The third-order valence-corrected chi connectivity index (χ3v) is 6.22. The van der Waals surface area contributed by atoms with Crippen LogP contribution in [0.3, 0.4) is 0 Å². The Balaban J connectivity index is 1.36. The average molecular weight is 416 g/mol. The molecule has 0 radical (unpaired) electrons. The van der Waals surface area contributed by atoms with E-state index < -0.39 is 29.9 Å². The number of benzene rings is 1. The maximum absolute atomic E-state index is 13.0. The molecule has 0 unspecified atom stereocenters. The van der Waals surface area contributed by atoms with Gasteiger partial charge < -0.3 is 19.5 Å². The number of fused-ring (bicyclic) bond motifs is 1. The highest BCUT2D eigenvalue weighted by Crippen LogP contribution is 2.45. The number of urea groups is 1. The minimum atomic E-state index is -0.803. The molecule has 8 heteroatoms. The van der Waals surface area contributed by atoms with E-state index in [0.717, 1.165) is 44.1 Å². The third kappa shape index (κ3) is 4.37. The SMILES string of the molecule is O=C(COC(=O)C1(c2ccc3c(c2)OCCO3)CCCC1)NC(=O)NC1CCCC1. The first-order valence-electron chi connectivity index (χ1n) is 10.7. The smallest absolute Gasteiger partial charge is 0.321 e. The molecule has 8 nitrogen and oxygen atoms in total. The van der Waals surface area contributed by atoms with Gasteiger partial charge in [0.15, 0.2) is 18.1 Å². The number of rotatable bonds is 5. The maximum Gasteiger partial charge on any atom is 0.321 e. The first-order valence-corrected chi connectivity index (χ1v) is 10.7. The number of carbonyl (C=O) groups is 3. The Hall–Kier alpha value is -2.77. The van der Waals surface area contributed by atoms with Crippen molar-refractivity contribution >= 4 is 17.9 Å². The highest BCUT2D eigenvalue weighted by molar-refractivity contribution is 5.96. The van der Waals surface area contributed by atoms with Crippen molar-refractivity contribution in [2.24, 2.45) is 0 Å². The number of imide groups is 1. The maximum atomic E-state index is 13.0. The van der Waals surface area contributed by atoms with Gasteiger partial charge in [-0.15, -0.1) is 0 Å². The molecule has 0 atom stereocenters. The van der Waals surface area contributed by atoms with E-state index in [1.807, 2.05) is 18.2 Å². The minimum absolute atomic E-state index is 0.109. The molecular formula is C22H28N2O6. The van der Waals surface area contributed by atoms with Crippen LogP contribution in [0.1, 0.15) is 56.9 Å². The second-order valence-corrected chi connectivity index (χ2v) is 8.23. The fourth-order valence-electron chi connectivity index (χ4n) is 4.65. The summed E-state index contributed by atoms with van der Waals surface area (Å²) in [5.41, 5.74) is 0.0102. The lowest BCUT2D eigenvalue weighted by atomic mass is 9.78. The van der Waals surface area contributed by atoms with Crippen LogP contribution in [0.4, 0.5) is 4.79 Å². The molecule has 1 aromatic rings. The van der Waals surface area contributed by atoms with Gasteiger partial charge in [-0.25, -0.2) is 4.79 Å². The Bertz CT molecular complexity index is 812. The van der Waals surface area contributed by atoms with Gasteiger partial charge in [-0.2, -0.15) is 0 Å². The quantitative estimate of drug-likeness (QED) is 0.715. The second-order valence-electron chi connectivity index (χ2n) is 8.23. The Morgan fingerprint density at radius 3 is 2.43 bits per heavy atom. The molecule has 0 saturated heterocycles. The number of amides is 3. The fourth-order valence-corrected chi connectivity index (χ4v) is 4.65. The molecule has 0 spiro atoms. The van der Waals surface area contributed by atoms with Crippen LogP contribution in [-0.4, -0.2) is 43.8 Å². The average Bonchev–Trinajstić information content (AvgIpc) is 3.44. The second kappa shape index (κ2) is 8.93. The fraction of sp³-hybridized carbons (Fsp3) is 0.591. The summed E-state index contributed by atoms with van der Waals surface area (Å²) in [6.45, 7) is 0.489. The van der Waals surface area contributed by atoms with Crippen molar-refractivity contribution < 1.29 is 28.6 Å². The molecular weight excluding hydrogens is 388 g/mol. The van der Waals surface area contributed by atoms with Gasteiger partial charge in [-0.1, -0.05) is 31.7 Å². The number of hydrogen-bond acceptors (Lipinski definition) is 6. The Kier molecular flexibility index (Phi) is 6.11. The number of esters is 1. The van der Waals surface area contributed by atoms with E-state index in [4.69, 9.17) is 14.2 Å². The van der Waals surface area contributed by atoms with Gasteiger partial charge in [0.2, 0.25) is 0 Å². The van der Waals surface area contributed by atoms with Crippen molar-refractivity contribution in [3.63, 3.8) is 0 Å². The summed E-state index contributed by atoms with van der Waals surface area (Å²) < 4.78 is 16.6. The van der Waals surface area contributed by atoms with E-state index in [9.17, 15) is 14.4 Å². The van der Waals surface area contributed by atoms with E-state index in [1.54, 1.807) is 0 Å². The molecule has 0 aromatic heterocycles. The van der Waals surface area contributed by atoms with E-state index in [0.29, 0.717) is 37.6 Å². The molecule has 1 aromatic carbocycles. The lowest BCUT2D eigenvalue weighted by Crippen LogP contribution is -2.45. The van der Waals surface area contributed by atoms with Crippen LogP contribution in [0.2, 0.25) is 0 Å². The standard InChI is InChI=1S/C22H28N2O6/c25-19(24-21(27)23-16-5-1-2-6-16)14-30-20(26)22(9-3-4-10-22)15-7-8-17-18(13-15)29-12-11-28-17/h7-8,13,16H,1-6,9-12,14H2,(H2,23,24,25,27). The van der Waals surface area contributed by atoms with Crippen LogP contribution in [0.25, 0.3) is 0 Å². The van der Waals surface area contributed by atoms with Crippen molar-refractivity contribution in [1.82, 2.24) is 10.6 Å². The van der Waals surface area contributed by atoms with Crippen molar-refractivity contribution in [3.05, 3.63) is 23.8 Å². The van der Waals surface area contributed by atoms with Gasteiger partial charge in [0.25, 0.3) is 5.91 Å². The van der Waals surface area contributed by atoms with Crippen molar-refractivity contribution in [1.29, 1.82) is 0 Å². The number of ether oxygens (including phenoxy) is 3. The molecule has 2 aliphatic carbocycles. The first-order chi connectivity index (χ1) is 14.6. The number of hydrogen-bond donors (Lipinski definition) is 2. The van der Waals surface area contributed by atoms with E-state index in [-0.39, 0.29) is 6.04 Å². The predicted octanol–water partition coefficient (Wildman–Crippen LogP) is 2.58. The molecule has 3 aliphatic rings. The molecule has 3 amide bonds. The van der Waals surface area contributed by atoms with E-state index >= 15 is 0 Å². The summed E-state index contributed by atoms with van der Waals surface area (Å²) in [6.07, 6.45) is 7.11. The lowest BCUT2D eigenvalue weighted by molar-refractivity contribution is -0.154. The molecule has 162 valence electrons. The van der Waals surface area contributed by atoms with Crippen molar-refractivity contribution in [2.45, 2.75) is 62.8 Å². The van der Waals surface area contributed by atoms with Gasteiger partial charge >= 0.3 is 12.0 Å². The zero-order chi connectivity index (χ0) is 21.0. The van der Waals surface area contributed by atoms with E-state index in [1.165, 1.54) is 0 Å². The first kappa shape index (κ1) is 20.5. The van der Waals surface area contributed by atoms with Crippen LogP contribution < -0.4 is 20.1 Å². The third-order valence-electron chi connectivity index (χ3n) is 6.22. The summed E-state index contributed by atoms with van der Waals surface area (Å²) in [5, 5.41) is 5.02. The highest BCUT2D eigenvalue weighted by Gasteiger charge is 2.45. The van der Waals surface area contributed by atoms with Crippen LogP contribution in [0.5, 0.6) is 11.5 Å². The van der Waals surface area contributed by atoms with E-state index in [2.05, 4.69) is 10.6 Å². The summed E-state index contributed by atoms with van der Waals surface area (Å²) in [7, 11) is 0. The van der Waals surface area contributed by atoms with Crippen LogP contribution >= 0.6 is 0 Å². The summed E-state index contributed by atoms with van der Waals surface area (Å²) in [4.78, 5) is 37.0. The molecule has 1 heterocycles. The summed E-state index contributed by atoms with van der Waals surface area (Å²) in [5.74, 6) is 0.218. The monoisotopic (exact) mass is 416 g/mol.